The molecule has 1 aliphatic heterocycles. The molecule has 1 saturated heterocycles. The van der Waals surface area contributed by atoms with Crippen LogP contribution in [0.25, 0.3) is 0 Å². The summed E-state index contributed by atoms with van der Waals surface area (Å²) in [7, 11) is 2.83. The highest BCUT2D eigenvalue weighted by molar-refractivity contribution is 8.12. The largest absolute Gasteiger partial charge is 0.497 e. The molecule has 1 amide bonds. The lowest BCUT2D eigenvalue weighted by molar-refractivity contribution is -0.143. The molecule has 1 unspecified atom stereocenters. The molecule has 1 atom stereocenters. The summed E-state index contributed by atoms with van der Waals surface area (Å²) >= 11 is 0. The van der Waals surface area contributed by atoms with E-state index in [0.29, 0.717) is 6.42 Å². The Hall–Kier alpha value is -1.27. The smallest absolute Gasteiger partial charge is 0.324 e. The Morgan fingerprint density at radius 1 is 1.37 bits per heavy atom. The molecule has 104 valence electrons. The van der Waals surface area contributed by atoms with Gasteiger partial charge in [0.15, 0.2) is 0 Å². The molecule has 0 spiro atoms. The number of methoxy groups -OCH3 is 1. The molecule has 7 heteroatoms. The van der Waals surface area contributed by atoms with Gasteiger partial charge < -0.3 is 4.74 Å². The molecule has 1 aromatic carbocycles. The summed E-state index contributed by atoms with van der Waals surface area (Å²) in [6.45, 7) is 1.71. The van der Waals surface area contributed by atoms with Gasteiger partial charge in [-0.3, -0.25) is 4.79 Å². The van der Waals surface area contributed by atoms with E-state index >= 15 is 0 Å². The number of amides is 1. The number of ether oxygens (including phenoxy) is 1. The first-order valence-electron chi connectivity index (χ1n) is 5.67. The second-order valence-electron chi connectivity index (χ2n) is 4.80. The standard InChI is InChI=1S/C12H14ClNO4S/c1-12(8-11(15)14(12)19(13,16)17)7-9-3-5-10(18-2)6-4-9/h3-6H,7-8H2,1-2H3. The van der Waals surface area contributed by atoms with Crippen molar-refractivity contribution < 1.29 is 17.9 Å². The lowest BCUT2D eigenvalue weighted by Crippen LogP contribution is -2.63. The van der Waals surface area contributed by atoms with Crippen molar-refractivity contribution in [2.24, 2.45) is 0 Å². The molecule has 0 saturated carbocycles. The number of rotatable bonds is 4. The number of hydrogen-bond donors (Lipinski definition) is 0. The second-order valence-corrected chi connectivity index (χ2v) is 7.16. The fourth-order valence-electron chi connectivity index (χ4n) is 2.38. The summed E-state index contributed by atoms with van der Waals surface area (Å²) in [5.41, 5.74) is 0.132. The maximum atomic E-state index is 11.4. The summed E-state index contributed by atoms with van der Waals surface area (Å²) in [6.07, 6.45) is 0.597. The number of hydrogen-bond acceptors (Lipinski definition) is 4. The van der Waals surface area contributed by atoms with Gasteiger partial charge in [0.1, 0.15) is 5.75 Å². The van der Waals surface area contributed by atoms with Crippen LogP contribution in [0.1, 0.15) is 18.9 Å². The zero-order valence-electron chi connectivity index (χ0n) is 10.6. The molecule has 1 fully saturated rings. The molecule has 1 heterocycles. The molecule has 0 N–H and O–H groups in total. The third-order valence-electron chi connectivity index (χ3n) is 3.21. The zero-order valence-corrected chi connectivity index (χ0v) is 12.2. The first-order valence-corrected chi connectivity index (χ1v) is 7.94. The quantitative estimate of drug-likeness (QED) is 0.627. The predicted octanol–water partition coefficient (Wildman–Crippen LogP) is 1.71. The molecular weight excluding hydrogens is 290 g/mol. The monoisotopic (exact) mass is 303 g/mol. The van der Waals surface area contributed by atoms with Gasteiger partial charge in [0.2, 0.25) is 5.91 Å². The highest BCUT2D eigenvalue weighted by Gasteiger charge is 2.53. The van der Waals surface area contributed by atoms with Crippen molar-refractivity contribution in [3.63, 3.8) is 0 Å². The molecule has 0 aromatic heterocycles. The third-order valence-corrected chi connectivity index (χ3v) is 4.71. The Morgan fingerprint density at radius 3 is 2.37 bits per heavy atom. The van der Waals surface area contributed by atoms with Crippen molar-refractivity contribution in [3.05, 3.63) is 29.8 Å². The SMILES string of the molecule is COc1ccc(CC2(C)CC(=O)N2S(=O)(=O)Cl)cc1. The Kier molecular flexibility index (Phi) is 3.49. The highest BCUT2D eigenvalue weighted by atomic mass is 35.7. The van der Waals surface area contributed by atoms with Crippen LogP contribution in [0.4, 0.5) is 0 Å². The molecule has 0 aliphatic carbocycles. The van der Waals surface area contributed by atoms with Crippen LogP contribution in [0, 0.1) is 0 Å². The van der Waals surface area contributed by atoms with E-state index in [1.807, 2.05) is 12.1 Å². The number of halogens is 1. The lowest BCUT2D eigenvalue weighted by Gasteiger charge is -2.47. The van der Waals surface area contributed by atoms with Crippen LogP contribution >= 0.6 is 10.7 Å². The van der Waals surface area contributed by atoms with Crippen LogP contribution in [-0.2, 0) is 20.5 Å². The summed E-state index contributed by atoms with van der Waals surface area (Å²) < 4.78 is 28.6. The van der Waals surface area contributed by atoms with Gasteiger partial charge in [-0.1, -0.05) is 12.1 Å². The number of carbonyl (C=O) groups is 1. The van der Waals surface area contributed by atoms with E-state index in [1.165, 1.54) is 0 Å². The van der Waals surface area contributed by atoms with E-state index in [9.17, 15) is 13.2 Å². The summed E-state index contributed by atoms with van der Waals surface area (Å²) in [5.74, 6) is 0.256. The number of benzene rings is 1. The van der Waals surface area contributed by atoms with E-state index in [4.69, 9.17) is 15.4 Å². The van der Waals surface area contributed by atoms with Gasteiger partial charge in [0, 0.05) is 10.7 Å². The van der Waals surface area contributed by atoms with Crippen molar-refractivity contribution in [3.8, 4) is 5.75 Å². The van der Waals surface area contributed by atoms with Crippen molar-refractivity contribution >= 4 is 25.8 Å². The lowest BCUT2D eigenvalue weighted by atomic mass is 9.83. The van der Waals surface area contributed by atoms with Crippen molar-refractivity contribution in [2.75, 3.05) is 7.11 Å². The maximum absolute atomic E-state index is 11.4. The van der Waals surface area contributed by atoms with Crippen LogP contribution in [0.2, 0.25) is 0 Å². The summed E-state index contributed by atoms with van der Waals surface area (Å²) in [4.78, 5) is 11.4. The topological polar surface area (TPSA) is 63.7 Å². The summed E-state index contributed by atoms with van der Waals surface area (Å²) in [6, 6.07) is 7.26. The van der Waals surface area contributed by atoms with Crippen LogP contribution in [0.3, 0.4) is 0 Å². The van der Waals surface area contributed by atoms with E-state index in [2.05, 4.69) is 0 Å². The van der Waals surface area contributed by atoms with E-state index < -0.39 is 20.7 Å². The van der Waals surface area contributed by atoms with Gasteiger partial charge in [-0.15, -0.1) is 0 Å². The normalized spacial score (nSPS) is 23.1. The maximum Gasteiger partial charge on any atom is 0.324 e. The third kappa shape index (κ3) is 2.69. The molecule has 2 rings (SSSR count). The first-order chi connectivity index (χ1) is 8.76. The predicted molar refractivity (Wildman–Crippen MR) is 71.3 cm³/mol. The average molecular weight is 304 g/mol. The zero-order chi connectivity index (χ0) is 14.3. The van der Waals surface area contributed by atoms with Crippen LogP contribution in [0.5, 0.6) is 5.75 Å². The fraction of sp³-hybridized carbons (Fsp3) is 0.417. The molecule has 0 bridgehead atoms. The van der Waals surface area contributed by atoms with E-state index in [1.54, 1.807) is 26.2 Å². The molecular formula is C12H14ClNO4S. The van der Waals surface area contributed by atoms with Crippen molar-refractivity contribution in [2.45, 2.75) is 25.3 Å². The van der Waals surface area contributed by atoms with Crippen molar-refractivity contribution in [1.82, 2.24) is 4.31 Å². The van der Waals surface area contributed by atoms with Crippen molar-refractivity contribution in [1.29, 1.82) is 0 Å². The highest BCUT2D eigenvalue weighted by Crippen LogP contribution is 2.38. The molecule has 1 aromatic rings. The minimum absolute atomic E-state index is 0.172. The Labute approximate surface area is 116 Å². The van der Waals surface area contributed by atoms with Gasteiger partial charge in [0.05, 0.1) is 19.1 Å². The van der Waals surface area contributed by atoms with Crippen LogP contribution in [0.15, 0.2) is 24.3 Å². The van der Waals surface area contributed by atoms with Gasteiger partial charge in [0.25, 0.3) is 0 Å². The number of β-lactam (4-membered cyclic amide) rings is 1. The Bertz CT molecular complexity index is 599. The molecule has 19 heavy (non-hydrogen) atoms. The average Bonchev–Trinajstić information content (AvgIpc) is 2.26. The van der Waals surface area contributed by atoms with Gasteiger partial charge in [-0.2, -0.15) is 8.42 Å². The summed E-state index contributed by atoms with van der Waals surface area (Å²) in [5, 5.41) is 0. The van der Waals surface area contributed by atoms with Gasteiger partial charge in [-0.05, 0) is 31.0 Å². The first kappa shape index (κ1) is 14.1. The Balaban J connectivity index is 2.20. The van der Waals surface area contributed by atoms with Gasteiger partial charge >= 0.3 is 9.24 Å². The van der Waals surface area contributed by atoms with E-state index in [-0.39, 0.29) is 6.42 Å². The molecule has 0 radical (unpaired) electrons. The van der Waals surface area contributed by atoms with Crippen LogP contribution < -0.4 is 4.74 Å². The minimum atomic E-state index is -4.02. The molecule has 5 nitrogen and oxygen atoms in total. The Morgan fingerprint density at radius 2 is 1.95 bits per heavy atom. The van der Waals surface area contributed by atoms with E-state index in [0.717, 1.165) is 15.6 Å². The minimum Gasteiger partial charge on any atom is -0.497 e. The number of carbonyl (C=O) groups excluding carboxylic acids is 1. The number of nitrogens with zero attached hydrogens (tertiary/aromatic N) is 1. The fourth-order valence-corrected chi connectivity index (χ4v) is 4.08. The van der Waals surface area contributed by atoms with Crippen LogP contribution in [-0.4, -0.2) is 31.3 Å². The molecule has 1 aliphatic rings. The van der Waals surface area contributed by atoms with Gasteiger partial charge in [-0.25, -0.2) is 4.31 Å². The second kappa shape index (κ2) is 4.68.